The zero-order valence-electron chi connectivity index (χ0n) is 15.8. The van der Waals surface area contributed by atoms with Crippen LogP contribution >= 0.6 is 0 Å². The number of hydrogen-bond donors (Lipinski definition) is 2. The van der Waals surface area contributed by atoms with Crippen LogP contribution in [0.3, 0.4) is 0 Å². The van der Waals surface area contributed by atoms with E-state index in [0.29, 0.717) is 24.4 Å². The van der Waals surface area contributed by atoms with Crippen molar-refractivity contribution < 1.29 is 24.3 Å². The molecule has 152 valence electrons. The number of ether oxygens (including phenoxy) is 2. The minimum absolute atomic E-state index is 0.0933. The second-order valence-corrected chi connectivity index (χ2v) is 7.02. The molecule has 9 nitrogen and oxygen atoms in total. The van der Waals surface area contributed by atoms with E-state index in [4.69, 9.17) is 9.47 Å². The van der Waals surface area contributed by atoms with Gasteiger partial charge in [-0.1, -0.05) is 12.1 Å². The van der Waals surface area contributed by atoms with Crippen LogP contribution in [0, 0.1) is 10.1 Å². The number of fused-ring (bicyclic) bond motifs is 1. The minimum Gasteiger partial charge on any atom is -0.504 e. The largest absolute Gasteiger partial charge is 0.504 e. The summed E-state index contributed by atoms with van der Waals surface area (Å²) in [4.78, 5) is 25.9. The van der Waals surface area contributed by atoms with Crippen LogP contribution in [0.4, 0.5) is 11.4 Å². The van der Waals surface area contributed by atoms with Crippen molar-refractivity contribution in [2.24, 2.45) is 0 Å². The molecule has 0 aromatic heterocycles. The van der Waals surface area contributed by atoms with E-state index in [1.54, 1.807) is 29.2 Å². The lowest BCUT2D eigenvalue weighted by Crippen LogP contribution is -2.46. The van der Waals surface area contributed by atoms with Crippen molar-refractivity contribution in [2.45, 2.75) is 25.1 Å². The number of nitrogens with zero attached hydrogens (tertiary/aromatic N) is 2. The first-order valence-corrected chi connectivity index (χ1v) is 9.33. The van der Waals surface area contributed by atoms with E-state index >= 15 is 0 Å². The molecule has 2 aromatic carbocycles. The summed E-state index contributed by atoms with van der Waals surface area (Å²) < 4.78 is 10.8. The Kier molecular flexibility index (Phi) is 4.98. The highest BCUT2D eigenvalue weighted by Crippen LogP contribution is 2.41. The number of phenols is 1. The quantitative estimate of drug-likeness (QED) is 0.587. The number of nitrogens with one attached hydrogen (secondary N) is 1. The summed E-state index contributed by atoms with van der Waals surface area (Å²) in [6.07, 6.45) is 0.788. The molecule has 2 aliphatic rings. The van der Waals surface area contributed by atoms with E-state index in [1.165, 1.54) is 13.2 Å². The van der Waals surface area contributed by atoms with Crippen LogP contribution in [0.15, 0.2) is 36.4 Å². The summed E-state index contributed by atoms with van der Waals surface area (Å²) in [5.41, 5.74) is 1.01. The lowest BCUT2D eigenvalue weighted by molar-refractivity contribution is -0.386. The Morgan fingerprint density at radius 2 is 2.17 bits per heavy atom. The molecule has 1 amide bonds. The van der Waals surface area contributed by atoms with Gasteiger partial charge in [-0.05, 0) is 31.0 Å². The number of phenolic OH excluding ortho intramolecular Hbond substituents is 1. The van der Waals surface area contributed by atoms with Gasteiger partial charge >= 0.3 is 0 Å². The van der Waals surface area contributed by atoms with Crippen molar-refractivity contribution in [1.82, 2.24) is 4.90 Å². The number of carbonyl (C=O) groups is 1. The van der Waals surface area contributed by atoms with Gasteiger partial charge in [0.2, 0.25) is 0 Å². The predicted molar refractivity (Wildman–Crippen MR) is 104 cm³/mol. The zero-order valence-corrected chi connectivity index (χ0v) is 15.8. The fourth-order valence-corrected chi connectivity index (χ4v) is 3.85. The van der Waals surface area contributed by atoms with E-state index in [-0.39, 0.29) is 34.8 Å². The van der Waals surface area contributed by atoms with Gasteiger partial charge in [0.05, 0.1) is 35.3 Å². The number of aromatic hydroxyl groups is 1. The second kappa shape index (κ2) is 7.59. The van der Waals surface area contributed by atoms with Crippen molar-refractivity contribution in [3.63, 3.8) is 0 Å². The van der Waals surface area contributed by atoms with Gasteiger partial charge in [0.25, 0.3) is 11.6 Å². The Labute approximate surface area is 167 Å². The normalized spacial score (nSPS) is 20.9. The molecule has 1 fully saturated rings. The first-order chi connectivity index (χ1) is 14.0. The van der Waals surface area contributed by atoms with Gasteiger partial charge in [-0.25, -0.2) is 0 Å². The molecule has 0 unspecified atom stereocenters. The second-order valence-electron chi connectivity index (χ2n) is 7.02. The molecule has 2 heterocycles. The Bertz CT molecular complexity index is 957. The SMILES string of the molecule is COc1cc([C@H]2Nc3ccccc3C(=O)N2C[C@H]2CCCO2)c([N+](=O)[O-])cc1O. The fourth-order valence-electron chi connectivity index (χ4n) is 3.85. The molecule has 0 radical (unpaired) electrons. The zero-order chi connectivity index (χ0) is 20.5. The Hall–Kier alpha value is -3.33. The number of benzene rings is 2. The summed E-state index contributed by atoms with van der Waals surface area (Å²) in [5.74, 6) is -0.479. The van der Waals surface area contributed by atoms with Crippen LogP contribution in [0.2, 0.25) is 0 Å². The number of nitro groups is 1. The molecule has 2 N–H and O–H groups in total. The standard InChI is InChI=1S/C20H21N3O6/c1-28-18-9-14(16(23(26)27)10-17(18)24)19-21-15-7-3-2-6-13(15)20(25)22(19)11-12-5-4-8-29-12/h2-3,6-7,9-10,12,19,21,24H,4-5,8,11H2,1H3/t12-,19+/m1/s1. The van der Waals surface area contributed by atoms with Gasteiger partial charge in [-0.2, -0.15) is 0 Å². The lowest BCUT2D eigenvalue weighted by Gasteiger charge is -2.39. The van der Waals surface area contributed by atoms with Gasteiger partial charge in [0, 0.05) is 18.8 Å². The van der Waals surface area contributed by atoms with Gasteiger partial charge in [0.15, 0.2) is 11.5 Å². The number of methoxy groups -OCH3 is 1. The van der Waals surface area contributed by atoms with E-state index in [2.05, 4.69) is 5.32 Å². The highest BCUT2D eigenvalue weighted by atomic mass is 16.6. The monoisotopic (exact) mass is 399 g/mol. The first-order valence-electron chi connectivity index (χ1n) is 9.33. The molecule has 0 bridgehead atoms. The van der Waals surface area contributed by atoms with Crippen molar-refractivity contribution >= 4 is 17.3 Å². The smallest absolute Gasteiger partial charge is 0.280 e. The first kappa shape index (κ1) is 19.0. The van der Waals surface area contributed by atoms with Crippen molar-refractivity contribution in [3.05, 3.63) is 57.6 Å². The molecule has 0 aliphatic carbocycles. The topological polar surface area (TPSA) is 114 Å². The molecule has 2 aromatic rings. The lowest BCUT2D eigenvalue weighted by atomic mass is 10.0. The third kappa shape index (κ3) is 3.44. The maximum Gasteiger partial charge on any atom is 0.280 e. The molecule has 29 heavy (non-hydrogen) atoms. The van der Waals surface area contributed by atoms with Gasteiger partial charge < -0.3 is 24.8 Å². The molecule has 9 heteroatoms. The molecule has 2 aliphatic heterocycles. The van der Waals surface area contributed by atoms with Crippen LogP contribution in [0.5, 0.6) is 11.5 Å². The summed E-state index contributed by atoms with van der Waals surface area (Å²) in [5, 5.41) is 25.0. The average molecular weight is 399 g/mol. The number of rotatable bonds is 5. The van der Waals surface area contributed by atoms with E-state index in [0.717, 1.165) is 18.9 Å². The Balaban J connectivity index is 1.83. The van der Waals surface area contributed by atoms with Crippen LogP contribution in [-0.2, 0) is 4.74 Å². The van der Waals surface area contributed by atoms with Crippen molar-refractivity contribution in [3.8, 4) is 11.5 Å². The van der Waals surface area contributed by atoms with Gasteiger partial charge in [-0.3, -0.25) is 14.9 Å². The van der Waals surface area contributed by atoms with Crippen molar-refractivity contribution in [1.29, 1.82) is 0 Å². The number of amides is 1. The maximum absolute atomic E-state index is 13.3. The molecular formula is C20H21N3O6. The number of hydrogen-bond acceptors (Lipinski definition) is 7. The molecular weight excluding hydrogens is 378 g/mol. The van der Waals surface area contributed by atoms with Crippen LogP contribution in [-0.4, -0.2) is 47.2 Å². The number of anilines is 1. The molecule has 0 spiro atoms. The molecule has 4 rings (SSSR count). The molecule has 1 saturated heterocycles. The predicted octanol–water partition coefficient (Wildman–Crippen LogP) is 3.05. The van der Waals surface area contributed by atoms with Gasteiger partial charge in [-0.15, -0.1) is 0 Å². The minimum atomic E-state index is -0.809. The summed E-state index contributed by atoms with van der Waals surface area (Å²) in [6, 6.07) is 9.48. The third-order valence-corrected chi connectivity index (χ3v) is 5.27. The van der Waals surface area contributed by atoms with Gasteiger partial charge in [0.1, 0.15) is 6.17 Å². The van der Waals surface area contributed by atoms with Crippen LogP contribution < -0.4 is 10.1 Å². The summed E-state index contributed by atoms with van der Waals surface area (Å²) >= 11 is 0. The van der Waals surface area contributed by atoms with Crippen LogP contribution in [0.25, 0.3) is 0 Å². The molecule has 0 saturated carbocycles. The molecule has 2 atom stereocenters. The Morgan fingerprint density at radius 3 is 2.86 bits per heavy atom. The van der Waals surface area contributed by atoms with Crippen molar-refractivity contribution in [2.75, 3.05) is 25.6 Å². The Morgan fingerprint density at radius 1 is 1.38 bits per heavy atom. The average Bonchev–Trinajstić information content (AvgIpc) is 3.23. The number of para-hydroxylation sites is 1. The van der Waals surface area contributed by atoms with E-state index in [9.17, 15) is 20.0 Å². The van der Waals surface area contributed by atoms with Crippen LogP contribution in [0.1, 0.15) is 34.9 Å². The summed E-state index contributed by atoms with van der Waals surface area (Å²) in [7, 11) is 1.36. The highest BCUT2D eigenvalue weighted by Gasteiger charge is 2.38. The number of carbonyl (C=O) groups excluding carboxylic acids is 1. The fraction of sp³-hybridized carbons (Fsp3) is 0.350. The highest BCUT2D eigenvalue weighted by molar-refractivity contribution is 6.01. The maximum atomic E-state index is 13.3. The summed E-state index contributed by atoms with van der Waals surface area (Å²) in [6.45, 7) is 0.930. The number of nitro benzene ring substituents is 1. The van der Waals surface area contributed by atoms with E-state index < -0.39 is 11.1 Å². The third-order valence-electron chi connectivity index (χ3n) is 5.27. The van der Waals surface area contributed by atoms with E-state index in [1.807, 2.05) is 0 Å².